The molecule has 1 atom stereocenters. The molecule has 1 aliphatic heterocycles. The van der Waals surface area contributed by atoms with E-state index in [2.05, 4.69) is 10.3 Å². The van der Waals surface area contributed by atoms with Gasteiger partial charge < -0.3 is 5.32 Å². The summed E-state index contributed by atoms with van der Waals surface area (Å²) in [5.74, 6) is -0.473. The minimum Gasteiger partial charge on any atom is -0.340 e. The number of rotatable bonds is 1. The maximum Gasteiger partial charge on any atom is 0.329 e. The van der Waals surface area contributed by atoms with Gasteiger partial charge in [0.05, 0.1) is 17.2 Å². The topological polar surface area (TPSA) is 84.0 Å². The fourth-order valence-corrected chi connectivity index (χ4v) is 4.30. The second-order valence-electron chi connectivity index (χ2n) is 6.82. The van der Waals surface area contributed by atoms with Crippen molar-refractivity contribution >= 4 is 28.9 Å². The lowest BCUT2D eigenvalue weighted by atomic mass is 9.81. The van der Waals surface area contributed by atoms with Crippen LogP contribution in [0.25, 0.3) is 5.70 Å². The highest BCUT2D eigenvalue weighted by molar-refractivity contribution is 6.32. The number of aromatic nitrogens is 2. The molecule has 0 fully saturated rings. The summed E-state index contributed by atoms with van der Waals surface area (Å²) < 4.78 is 1.34. The number of benzene rings is 2. The van der Waals surface area contributed by atoms with Gasteiger partial charge in [0.15, 0.2) is 5.78 Å². The molecule has 2 N–H and O–H groups in total. The summed E-state index contributed by atoms with van der Waals surface area (Å²) in [5, 5.41) is 3.62. The lowest BCUT2D eigenvalue weighted by molar-refractivity contribution is 0.103. The molecule has 0 amide bonds. The van der Waals surface area contributed by atoms with Gasteiger partial charge in [0.1, 0.15) is 5.82 Å². The molecular weight excluding hydrogens is 378 g/mol. The van der Waals surface area contributed by atoms with Gasteiger partial charge in [-0.05, 0) is 11.6 Å². The van der Waals surface area contributed by atoms with Crippen molar-refractivity contribution in [2.75, 3.05) is 5.32 Å². The molecule has 3 aromatic rings. The van der Waals surface area contributed by atoms with E-state index in [1.165, 1.54) is 4.57 Å². The van der Waals surface area contributed by atoms with E-state index >= 15 is 0 Å². The Morgan fingerprint density at radius 2 is 1.64 bits per heavy atom. The summed E-state index contributed by atoms with van der Waals surface area (Å²) in [4.78, 5) is 40.6. The normalized spacial score (nSPS) is 17.1. The fraction of sp³-hybridized carbons (Fsp3) is 0.0952. The maximum absolute atomic E-state index is 13.3. The van der Waals surface area contributed by atoms with Crippen LogP contribution in [0.4, 0.5) is 5.82 Å². The number of nitrogens with one attached hydrogen (secondary N) is 2. The minimum absolute atomic E-state index is 0.151. The van der Waals surface area contributed by atoms with Crippen LogP contribution in [0.3, 0.4) is 0 Å². The summed E-state index contributed by atoms with van der Waals surface area (Å²) in [6.07, 6.45) is 0. The number of aromatic amines is 1. The number of anilines is 1. The van der Waals surface area contributed by atoms with Crippen LogP contribution in [0.15, 0.2) is 63.7 Å². The smallest absolute Gasteiger partial charge is 0.329 e. The van der Waals surface area contributed by atoms with Crippen LogP contribution in [0, 0.1) is 0 Å². The van der Waals surface area contributed by atoms with Gasteiger partial charge in [0.2, 0.25) is 0 Å². The highest BCUT2D eigenvalue weighted by Gasteiger charge is 2.42. The summed E-state index contributed by atoms with van der Waals surface area (Å²) in [6.45, 7) is 0. The number of carbonyl (C=O) groups excluding carboxylic acids is 1. The Kier molecular flexibility index (Phi) is 3.48. The number of H-pyrrole nitrogens is 1. The lowest BCUT2D eigenvalue weighted by Crippen LogP contribution is -2.37. The third-order valence-electron chi connectivity index (χ3n) is 5.35. The van der Waals surface area contributed by atoms with Gasteiger partial charge in [-0.25, -0.2) is 4.79 Å². The first-order valence-electron chi connectivity index (χ1n) is 8.72. The van der Waals surface area contributed by atoms with E-state index in [9.17, 15) is 14.4 Å². The molecule has 0 bridgehead atoms. The zero-order valence-electron chi connectivity index (χ0n) is 14.7. The zero-order chi connectivity index (χ0) is 19.6. The molecule has 0 unspecified atom stereocenters. The van der Waals surface area contributed by atoms with E-state index in [-0.39, 0.29) is 5.78 Å². The van der Waals surface area contributed by atoms with E-state index in [0.29, 0.717) is 38.8 Å². The van der Waals surface area contributed by atoms with Crippen molar-refractivity contribution in [2.24, 2.45) is 7.05 Å². The highest BCUT2D eigenvalue weighted by Crippen LogP contribution is 2.48. The number of fused-ring (bicyclic) bond motifs is 3. The molecule has 0 saturated carbocycles. The molecule has 2 aliphatic rings. The molecule has 2 aromatic carbocycles. The number of nitrogens with zero attached hydrogens (tertiary/aromatic N) is 1. The molecule has 138 valence electrons. The quantitative estimate of drug-likeness (QED) is 0.668. The van der Waals surface area contributed by atoms with E-state index in [4.69, 9.17) is 11.6 Å². The van der Waals surface area contributed by atoms with Gasteiger partial charge in [-0.2, -0.15) is 0 Å². The Bertz CT molecular complexity index is 1330. The number of carbonyl (C=O) groups is 1. The van der Waals surface area contributed by atoms with Crippen molar-refractivity contribution in [3.8, 4) is 0 Å². The molecule has 6 nitrogen and oxygen atoms in total. The molecule has 1 aliphatic carbocycles. The highest BCUT2D eigenvalue weighted by atomic mass is 35.5. The number of ketones is 1. The second-order valence-corrected chi connectivity index (χ2v) is 7.23. The Hall–Kier alpha value is -3.38. The maximum atomic E-state index is 13.3. The summed E-state index contributed by atoms with van der Waals surface area (Å²) in [7, 11) is 1.57. The molecule has 5 rings (SSSR count). The average molecular weight is 392 g/mol. The molecular formula is C21H14ClN3O3. The standard InChI is InChI=1S/C21H14ClN3O3/c1-25-19-16(20(27)24-21(25)28)14(12-8-4-5-9-13(12)22)15-17(23-19)10-6-2-3-7-11(10)18(15)26/h2-9,14,23H,1H3,(H,24,27,28)/t14-/m1/s1. The van der Waals surface area contributed by atoms with Crippen molar-refractivity contribution in [3.63, 3.8) is 0 Å². The van der Waals surface area contributed by atoms with E-state index < -0.39 is 17.2 Å². The predicted octanol–water partition coefficient (Wildman–Crippen LogP) is 2.89. The predicted molar refractivity (Wildman–Crippen MR) is 107 cm³/mol. The monoisotopic (exact) mass is 391 g/mol. The Morgan fingerprint density at radius 3 is 2.39 bits per heavy atom. The van der Waals surface area contributed by atoms with E-state index in [0.717, 1.165) is 5.56 Å². The molecule has 0 radical (unpaired) electrons. The SMILES string of the molecule is Cn1c2c(c(=O)[nH]c1=O)[C@H](c1ccccc1Cl)C1=C(N2)c2ccccc2C1=O. The first-order valence-corrected chi connectivity index (χ1v) is 9.09. The molecule has 1 aromatic heterocycles. The van der Waals surface area contributed by atoms with Gasteiger partial charge in [-0.3, -0.25) is 19.1 Å². The number of Topliss-reactive ketones (excluding diaryl/α,β-unsaturated/α-hetero) is 1. The summed E-state index contributed by atoms with van der Waals surface area (Å²) in [5.41, 5.74) is 2.26. The van der Waals surface area contributed by atoms with Gasteiger partial charge in [-0.15, -0.1) is 0 Å². The van der Waals surface area contributed by atoms with Crippen LogP contribution in [0.1, 0.15) is 33.0 Å². The zero-order valence-corrected chi connectivity index (χ0v) is 15.5. The molecule has 0 spiro atoms. The molecule has 0 saturated heterocycles. The average Bonchev–Trinajstić information content (AvgIpc) is 2.98. The Labute approximate surface area is 164 Å². The Morgan fingerprint density at radius 1 is 0.964 bits per heavy atom. The third-order valence-corrected chi connectivity index (χ3v) is 5.70. The molecule has 7 heteroatoms. The minimum atomic E-state index is -0.685. The number of halogens is 1. The fourth-order valence-electron chi connectivity index (χ4n) is 4.05. The largest absolute Gasteiger partial charge is 0.340 e. The van der Waals surface area contributed by atoms with Crippen LogP contribution in [0.2, 0.25) is 5.02 Å². The van der Waals surface area contributed by atoms with Crippen LogP contribution in [0.5, 0.6) is 0 Å². The number of allylic oxidation sites excluding steroid dienone is 1. The van der Waals surface area contributed by atoms with Crippen molar-refractivity contribution in [1.29, 1.82) is 0 Å². The van der Waals surface area contributed by atoms with Gasteiger partial charge in [0.25, 0.3) is 5.56 Å². The molecule has 28 heavy (non-hydrogen) atoms. The first-order chi connectivity index (χ1) is 13.5. The van der Waals surface area contributed by atoms with Crippen LogP contribution >= 0.6 is 11.6 Å². The van der Waals surface area contributed by atoms with Gasteiger partial charge in [0, 0.05) is 28.8 Å². The van der Waals surface area contributed by atoms with Crippen molar-refractivity contribution in [2.45, 2.75) is 5.92 Å². The van der Waals surface area contributed by atoms with Crippen LogP contribution < -0.4 is 16.6 Å². The summed E-state index contributed by atoms with van der Waals surface area (Å²) in [6, 6.07) is 14.4. The third kappa shape index (κ3) is 2.12. The lowest BCUT2D eigenvalue weighted by Gasteiger charge is -2.29. The van der Waals surface area contributed by atoms with Crippen LogP contribution in [-0.4, -0.2) is 15.3 Å². The van der Waals surface area contributed by atoms with Gasteiger partial charge in [-0.1, -0.05) is 54.1 Å². The Balaban J connectivity index is 1.90. The number of hydrogen-bond donors (Lipinski definition) is 2. The van der Waals surface area contributed by atoms with Crippen LogP contribution in [-0.2, 0) is 7.05 Å². The van der Waals surface area contributed by atoms with E-state index in [1.54, 1.807) is 37.4 Å². The van der Waals surface area contributed by atoms with E-state index in [1.807, 2.05) is 18.2 Å². The van der Waals surface area contributed by atoms with Gasteiger partial charge >= 0.3 is 5.69 Å². The molecule has 2 heterocycles. The van der Waals surface area contributed by atoms with Crippen molar-refractivity contribution < 1.29 is 4.79 Å². The first kappa shape index (κ1) is 16.8. The van der Waals surface area contributed by atoms with Crippen molar-refractivity contribution in [1.82, 2.24) is 9.55 Å². The summed E-state index contributed by atoms with van der Waals surface area (Å²) >= 11 is 6.46. The number of hydrogen-bond acceptors (Lipinski definition) is 4. The van der Waals surface area contributed by atoms with Crippen molar-refractivity contribution in [3.05, 3.63) is 102 Å². The second kappa shape index (κ2) is 5.81.